The van der Waals surface area contributed by atoms with Crippen LogP contribution in [0, 0.1) is 0 Å². The number of benzene rings is 2. The molecule has 0 radical (unpaired) electrons. The van der Waals surface area contributed by atoms with Gasteiger partial charge in [-0.05, 0) is 99.8 Å². The number of anilines is 1. The number of fused-ring (bicyclic) bond motifs is 1. The number of nitrogens with zero attached hydrogens (tertiary/aromatic N) is 5. The zero-order chi connectivity index (χ0) is 42.2. The van der Waals surface area contributed by atoms with Gasteiger partial charge in [0.25, 0.3) is 0 Å². The molecule has 1 aromatic heterocycles. The molecule has 11 heteroatoms. The van der Waals surface area contributed by atoms with Crippen molar-refractivity contribution in [1.29, 1.82) is 0 Å². The minimum atomic E-state index is -3.92. The third-order valence-corrected chi connectivity index (χ3v) is 16.3. The van der Waals surface area contributed by atoms with Crippen molar-refractivity contribution in [2.75, 3.05) is 77.2 Å². The molecule has 2 aromatic carbocycles. The first-order chi connectivity index (χ1) is 29.2. The number of piperazine rings is 1. The SMILES string of the molecule is CCCCCCCCCCCCCCCCCCOc1ccc(S(=O)(=O)c2cnc3ccc([S+](C)[O-])cc3c2N2CCC(N3CCC(N4CCN(C)CC4)CC3)CC2)cc1. The number of sulfone groups is 1. The minimum absolute atomic E-state index is 0.210. The van der Waals surface area contributed by atoms with Crippen LogP contribution in [-0.4, -0.2) is 117 Å². The summed E-state index contributed by atoms with van der Waals surface area (Å²) in [4.78, 5) is 15.8. The number of hydrogen-bond donors (Lipinski definition) is 0. The Morgan fingerprint density at radius 1 is 0.683 bits per heavy atom. The molecule has 0 spiro atoms. The molecule has 0 bridgehead atoms. The Bertz CT molecular complexity index is 1800. The number of aromatic nitrogens is 1. The van der Waals surface area contributed by atoms with Gasteiger partial charge in [-0.3, -0.25) is 9.88 Å². The van der Waals surface area contributed by atoms with Crippen molar-refractivity contribution in [3.63, 3.8) is 0 Å². The van der Waals surface area contributed by atoms with E-state index in [-0.39, 0.29) is 9.79 Å². The molecule has 3 fully saturated rings. The Kier molecular flexibility index (Phi) is 19.2. The standard InChI is InChI=1S/C49H77N5O4S2/c1-4-5-6-7-8-9-10-11-12-13-14-15-16-17-18-19-38-58-43-20-23-45(24-21-43)60(56,57)48-40-50-47-25-22-44(59(3)55)39-46(47)49(48)54-32-28-41(29-33-54)52-30-26-42(27-31-52)53-36-34-51(2)35-37-53/h20-25,39-42H,4-19,26-38H2,1-3H3. The second-order valence-electron chi connectivity index (χ2n) is 18.1. The molecule has 1 atom stereocenters. The van der Waals surface area contributed by atoms with E-state index >= 15 is 0 Å². The highest BCUT2D eigenvalue weighted by Gasteiger charge is 2.34. The molecule has 4 heterocycles. The van der Waals surface area contributed by atoms with E-state index in [1.54, 1.807) is 30.5 Å². The number of likely N-dealkylation sites (tertiary alicyclic amines) is 1. The highest BCUT2D eigenvalue weighted by atomic mass is 32.2. The fourth-order valence-corrected chi connectivity index (χ4v) is 11.8. The second kappa shape index (κ2) is 24.4. The Morgan fingerprint density at radius 3 is 1.75 bits per heavy atom. The summed E-state index contributed by atoms with van der Waals surface area (Å²) < 4.78 is 47.7. The summed E-state index contributed by atoms with van der Waals surface area (Å²) in [7, 11) is -1.70. The van der Waals surface area contributed by atoms with Crippen LogP contribution in [0.1, 0.15) is 135 Å². The fraction of sp³-hybridized carbons (Fsp3) is 0.694. The maximum atomic E-state index is 14.5. The largest absolute Gasteiger partial charge is 0.612 e. The summed E-state index contributed by atoms with van der Waals surface area (Å²) >= 11 is -1.21. The number of likely N-dealkylation sites (N-methyl/N-ethyl adjacent to an activating group) is 1. The zero-order valence-electron chi connectivity index (χ0n) is 37.5. The van der Waals surface area contributed by atoms with Crippen molar-refractivity contribution in [2.45, 2.75) is 162 Å². The summed E-state index contributed by atoms with van der Waals surface area (Å²) in [5.41, 5.74) is 1.40. The number of pyridine rings is 1. The van der Waals surface area contributed by atoms with Gasteiger partial charge < -0.3 is 24.0 Å². The summed E-state index contributed by atoms with van der Waals surface area (Å²) in [5.74, 6) is 0.691. The number of ether oxygens (including phenoxy) is 1. The Morgan fingerprint density at radius 2 is 1.20 bits per heavy atom. The Labute approximate surface area is 367 Å². The number of unbranched alkanes of at least 4 members (excludes halogenated alkanes) is 15. The summed E-state index contributed by atoms with van der Waals surface area (Å²) in [5, 5.41) is 0.744. The van der Waals surface area contributed by atoms with E-state index in [0.29, 0.717) is 40.5 Å². The van der Waals surface area contributed by atoms with Gasteiger partial charge in [0, 0.05) is 69.0 Å². The lowest BCUT2D eigenvalue weighted by molar-refractivity contribution is 0.0495. The summed E-state index contributed by atoms with van der Waals surface area (Å²) in [6.07, 6.45) is 29.0. The Balaban J connectivity index is 0.981. The lowest BCUT2D eigenvalue weighted by Gasteiger charge is -2.46. The molecule has 0 N–H and O–H groups in total. The molecule has 334 valence electrons. The smallest absolute Gasteiger partial charge is 0.210 e. The predicted molar refractivity (Wildman–Crippen MR) is 250 cm³/mol. The van der Waals surface area contributed by atoms with Crippen molar-refractivity contribution in [3.8, 4) is 5.75 Å². The average molecular weight is 864 g/mol. The van der Waals surface area contributed by atoms with Crippen LogP contribution >= 0.6 is 0 Å². The van der Waals surface area contributed by atoms with Gasteiger partial charge in [0.05, 0.1) is 22.7 Å². The summed E-state index contributed by atoms with van der Waals surface area (Å²) in [6.45, 7) is 11.4. The topological polar surface area (TPSA) is 92.3 Å². The van der Waals surface area contributed by atoms with Gasteiger partial charge in [-0.1, -0.05) is 103 Å². The molecule has 3 aromatic rings. The van der Waals surface area contributed by atoms with Gasteiger partial charge in [0.1, 0.15) is 16.9 Å². The molecule has 60 heavy (non-hydrogen) atoms. The van der Waals surface area contributed by atoms with E-state index in [1.165, 1.54) is 122 Å². The zero-order valence-corrected chi connectivity index (χ0v) is 39.1. The van der Waals surface area contributed by atoms with Crippen LogP contribution in [0.25, 0.3) is 10.9 Å². The molecule has 0 amide bonds. The lowest BCUT2D eigenvalue weighted by atomic mass is 9.96. The number of piperidine rings is 2. The maximum absolute atomic E-state index is 14.5. The second-order valence-corrected chi connectivity index (χ2v) is 21.4. The van der Waals surface area contributed by atoms with E-state index < -0.39 is 21.0 Å². The first-order valence-corrected chi connectivity index (χ1v) is 26.9. The van der Waals surface area contributed by atoms with Crippen molar-refractivity contribution in [1.82, 2.24) is 19.7 Å². The van der Waals surface area contributed by atoms with Crippen LogP contribution in [0.15, 0.2) is 63.3 Å². The van der Waals surface area contributed by atoms with Crippen LogP contribution in [-0.2, 0) is 21.0 Å². The fourth-order valence-electron chi connectivity index (χ4n) is 9.78. The van der Waals surface area contributed by atoms with Gasteiger partial charge in [-0.25, -0.2) is 8.42 Å². The van der Waals surface area contributed by atoms with Crippen LogP contribution in [0.4, 0.5) is 5.69 Å². The lowest BCUT2D eigenvalue weighted by Crippen LogP contribution is -2.54. The normalized spacial score (nSPS) is 18.7. The first kappa shape index (κ1) is 47.1. The van der Waals surface area contributed by atoms with Gasteiger partial charge in [-0.15, -0.1) is 0 Å². The average Bonchev–Trinajstić information content (AvgIpc) is 3.27. The minimum Gasteiger partial charge on any atom is -0.612 e. The number of rotatable bonds is 24. The van der Waals surface area contributed by atoms with E-state index in [4.69, 9.17) is 4.74 Å². The van der Waals surface area contributed by atoms with Gasteiger partial charge in [-0.2, -0.15) is 0 Å². The summed E-state index contributed by atoms with van der Waals surface area (Å²) in [6, 6.07) is 13.7. The van der Waals surface area contributed by atoms with Crippen molar-refractivity contribution in [2.24, 2.45) is 0 Å². The van der Waals surface area contributed by atoms with Gasteiger partial charge >= 0.3 is 0 Å². The molecule has 6 rings (SSSR count). The van der Waals surface area contributed by atoms with Crippen molar-refractivity contribution in [3.05, 3.63) is 48.7 Å². The van der Waals surface area contributed by atoms with Crippen LogP contribution < -0.4 is 9.64 Å². The molecule has 0 aliphatic carbocycles. The van der Waals surface area contributed by atoms with Crippen molar-refractivity contribution < 1.29 is 17.7 Å². The molecule has 3 saturated heterocycles. The maximum Gasteiger partial charge on any atom is 0.210 e. The quantitative estimate of drug-likeness (QED) is 0.0645. The number of hydrogen-bond acceptors (Lipinski definition) is 9. The van der Waals surface area contributed by atoms with Gasteiger partial charge in [0.15, 0.2) is 4.90 Å². The molecule has 3 aliphatic rings. The van der Waals surface area contributed by atoms with E-state index in [9.17, 15) is 13.0 Å². The van der Waals surface area contributed by atoms with E-state index in [2.05, 4.69) is 38.6 Å². The molecule has 1 unspecified atom stereocenters. The highest BCUT2D eigenvalue weighted by Crippen LogP contribution is 2.39. The molecular formula is C49H77N5O4S2. The van der Waals surface area contributed by atoms with E-state index in [1.807, 2.05) is 18.2 Å². The molecule has 9 nitrogen and oxygen atoms in total. The Hall–Kier alpha value is -2.41. The molecular weight excluding hydrogens is 787 g/mol. The van der Waals surface area contributed by atoms with Crippen LogP contribution in [0.3, 0.4) is 0 Å². The van der Waals surface area contributed by atoms with Crippen LogP contribution in [0.2, 0.25) is 0 Å². The van der Waals surface area contributed by atoms with Gasteiger partial charge in [0.2, 0.25) is 9.84 Å². The monoisotopic (exact) mass is 864 g/mol. The third kappa shape index (κ3) is 13.5. The van der Waals surface area contributed by atoms with Crippen LogP contribution in [0.5, 0.6) is 5.75 Å². The molecule has 0 saturated carbocycles. The predicted octanol–water partition coefficient (Wildman–Crippen LogP) is 10.1. The van der Waals surface area contributed by atoms with E-state index in [0.717, 1.165) is 70.3 Å². The first-order valence-electron chi connectivity index (χ1n) is 23.9. The third-order valence-electron chi connectivity index (χ3n) is 13.6. The van der Waals surface area contributed by atoms with Crippen molar-refractivity contribution >= 4 is 37.6 Å². The molecule has 3 aliphatic heterocycles. The highest BCUT2D eigenvalue weighted by molar-refractivity contribution is 7.91.